The SMILES string of the molecule is CCOC(=O)CNC(=O)c1cnn2c(=O)c3c(n(CC)c12)CCN(Cc1ccc(OC)cc1)C3. The highest BCUT2D eigenvalue weighted by molar-refractivity contribution is 6.01. The van der Waals surface area contributed by atoms with Gasteiger partial charge in [0.05, 0.1) is 25.5 Å². The van der Waals surface area contributed by atoms with E-state index in [2.05, 4.69) is 15.3 Å². The number of benzene rings is 1. The van der Waals surface area contributed by atoms with Crippen molar-refractivity contribution >= 4 is 17.5 Å². The summed E-state index contributed by atoms with van der Waals surface area (Å²) in [6.07, 6.45) is 2.06. The third-order valence-electron chi connectivity index (χ3n) is 6.00. The van der Waals surface area contributed by atoms with Gasteiger partial charge in [0, 0.05) is 38.3 Å². The van der Waals surface area contributed by atoms with Gasteiger partial charge in [-0.25, -0.2) is 0 Å². The predicted octanol–water partition coefficient (Wildman–Crippen LogP) is 1.38. The maximum absolute atomic E-state index is 13.3. The molecule has 0 atom stereocenters. The molecule has 2 aromatic heterocycles. The lowest BCUT2D eigenvalue weighted by Gasteiger charge is -2.30. The highest BCUT2D eigenvalue weighted by atomic mass is 16.5. The van der Waals surface area contributed by atoms with Crippen LogP contribution in [0.15, 0.2) is 35.3 Å². The molecule has 0 saturated heterocycles. The van der Waals surface area contributed by atoms with Gasteiger partial charge in [-0.05, 0) is 31.5 Å². The van der Waals surface area contributed by atoms with Gasteiger partial charge in [0.25, 0.3) is 11.5 Å². The Balaban J connectivity index is 1.62. The fraction of sp³-hybridized carbons (Fsp3) is 0.417. The van der Waals surface area contributed by atoms with Crippen LogP contribution in [0.25, 0.3) is 5.65 Å². The lowest BCUT2D eigenvalue weighted by atomic mass is 10.0. The number of hydrogen-bond acceptors (Lipinski definition) is 7. The van der Waals surface area contributed by atoms with Gasteiger partial charge in [0.1, 0.15) is 17.9 Å². The van der Waals surface area contributed by atoms with Crippen LogP contribution in [0.5, 0.6) is 5.75 Å². The summed E-state index contributed by atoms with van der Waals surface area (Å²) in [6.45, 7) is 6.25. The Hall–Kier alpha value is -3.66. The summed E-state index contributed by atoms with van der Waals surface area (Å²) < 4.78 is 13.4. The fourth-order valence-corrected chi connectivity index (χ4v) is 4.39. The predicted molar refractivity (Wildman–Crippen MR) is 125 cm³/mol. The van der Waals surface area contributed by atoms with Crippen LogP contribution in [0.1, 0.15) is 41.0 Å². The average Bonchev–Trinajstić information content (AvgIpc) is 3.29. The van der Waals surface area contributed by atoms with Gasteiger partial charge in [-0.1, -0.05) is 12.1 Å². The molecular weight excluding hydrogens is 438 g/mol. The van der Waals surface area contributed by atoms with Gasteiger partial charge in [0.15, 0.2) is 5.65 Å². The van der Waals surface area contributed by atoms with E-state index in [-0.39, 0.29) is 24.3 Å². The van der Waals surface area contributed by atoms with Gasteiger partial charge in [-0.3, -0.25) is 19.3 Å². The number of carbonyl (C=O) groups excluding carboxylic acids is 2. The van der Waals surface area contributed by atoms with Crippen molar-refractivity contribution in [2.75, 3.05) is 26.8 Å². The highest BCUT2D eigenvalue weighted by Crippen LogP contribution is 2.22. The quantitative estimate of drug-likeness (QED) is 0.499. The van der Waals surface area contributed by atoms with Gasteiger partial charge in [-0.2, -0.15) is 9.61 Å². The Bertz CT molecular complexity index is 1260. The molecule has 0 fully saturated rings. The van der Waals surface area contributed by atoms with Gasteiger partial charge in [-0.15, -0.1) is 0 Å². The summed E-state index contributed by atoms with van der Waals surface area (Å²) in [5.41, 5.74) is 3.23. The molecule has 0 aliphatic carbocycles. The van der Waals surface area contributed by atoms with E-state index in [4.69, 9.17) is 9.47 Å². The lowest BCUT2D eigenvalue weighted by Crippen LogP contribution is -2.38. The van der Waals surface area contributed by atoms with Crippen LogP contribution in [0, 0.1) is 0 Å². The van der Waals surface area contributed by atoms with Crippen molar-refractivity contribution < 1.29 is 19.1 Å². The van der Waals surface area contributed by atoms with Gasteiger partial charge >= 0.3 is 5.97 Å². The third-order valence-corrected chi connectivity index (χ3v) is 6.00. The number of aryl methyl sites for hydroxylation is 1. The van der Waals surface area contributed by atoms with Crippen LogP contribution in [0.2, 0.25) is 0 Å². The van der Waals surface area contributed by atoms with Crippen LogP contribution in [-0.2, 0) is 35.6 Å². The molecule has 10 heteroatoms. The van der Waals surface area contributed by atoms with Gasteiger partial charge in [0.2, 0.25) is 0 Å². The summed E-state index contributed by atoms with van der Waals surface area (Å²) >= 11 is 0. The third kappa shape index (κ3) is 4.54. The lowest BCUT2D eigenvalue weighted by molar-refractivity contribution is -0.141. The Morgan fingerprint density at radius 3 is 2.62 bits per heavy atom. The molecule has 0 spiro atoms. The van der Waals surface area contributed by atoms with E-state index < -0.39 is 11.9 Å². The number of hydrogen-bond donors (Lipinski definition) is 1. The molecule has 1 aliphatic rings. The van der Waals surface area contributed by atoms with E-state index in [1.165, 1.54) is 10.7 Å². The van der Waals surface area contributed by atoms with Crippen LogP contribution in [-0.4, -0.2) is 57.8 Å². The maximum Gasteiger partial charge on any atom is 0.325 e. The molecule has 1 amide bonds. The first-order valence-corrected chi connectivity index (χ1v) is 11.4. The number of nitrogens with zero attached hydrogens (tertiary/aromatic N) is 4. The van der Waals surface area contributed by atoms with Crippen molar-refractivity contribution in [1.29, 1.82) is 0 Å². The first kappa shape index (κ1) is 23.5. The second-order valence-corrected chi connectivity index (χ2v) is 8.06. The summed E-state index contributed by atoms with van der Waals surface area (Å²) in [5, 5.41) is 6.78. The topological polar surface area (TPSA) is 107 Å². The van der Waals surface area contributed by atoms with Crippen molar-refractivity contribution in [2.45, 2.75) is 39.9 Å². The number of aromatic nitrogens is 3. The van der Waals surface area contributed by atoms with Crippen molar-refractivity contribution in [1.82, 2.24) is 24.4 Å². The van der Waals surface area contributed by atoms with Gasteiger partial charge < -0.3 is 19.4 Å². The van der Waals surface area contributed by atoms with E-state index in [9.17, 15) is 14.4 Å². The maximum atomic E-state index is 13.3. The Kier molecular flexibility index (Phi) is 6.97. The van der Waals surface area contributed by atoms with Crippen LogP contribution in [0.3, 0.4) is 0 Å². The average molecular weight is 468 g/mol. The van der Waals surface area contributed by atoms with E-state index in [0.29, 0.717) is 37.3 Å². The second kappa shape index (κ2) is 10.1. The minimum absolute atomic E-state index is 0.224. The van der Waals surface area contributed by atoms with Crippen molar-refractivity contribution in [3.05, 3.63) is 63.2 Å². The normalized spacial score (nSPS) is 13.5. The molecule has 3 aromatic rings. The monoisotopic (exact) mass is 467 g/mol. The fourth-order valence-electron chi connectivity index (χ4n) is 4.39. The molecule has 1 aromatic carbocycles. The molecule has 34 heavy (non-hydrogen) atoms. The number of esters is 1. The number of amides is 1. The second-order valence-electron chi connectivity index (χ2n) is 8.06. The summed E-state index contributed by atoms with van der Waals surface area (Å²) in [7, 11) is 1.64. The van der Waals surface area contributed by atoms with Crippen molar-refractivity contribution in [3.8, 4) is 5.75 Å². The zero-order chi connectivity index (χ0) is 24.2. The smallest absolute Gasteiger partial charge is 0.325 e. The number of carbonyl (C=O) groups is 2. The molecule has 0 bridgehead atoms. The zero-order valence-corrected chi connectivity index (χ0v) is 19.7. The molecule has 0 saturated carbocycles. The summed E-state index contributed by atoms with van der Waals surface area (Å²) in [5.74, 6) is -0.183. The van der Waals surface area contributed by atoms with Crippen molar-refractivity contribution in [3.63, 3.8) is 0 Å². The standard InChI is InChI=1S/C24H29N5O5/c1-4-28-20-10-11-27(14-16-6-8-17(33-3)9-7-16)15-19(20)24(32)29-23(28)18(12-26-29)22(31)25-13-21(30)34-5-2/h6-9,12H,4-5,10-11,13-15H2,1-3H3,(H,25,31). The zero-order valence-electron chi connectivity index (χ0n) is 19.7. The number of ether oxygens (including phenoxy) is 2. The Morgan fingerprint density at radius 2 is 1.94 bits per heavy atom. The molecule has 4 rings (SSSR count). The molecule has 180 valence electrons. The Morgan fingerprint density at radius 1 is 1.18 bits per heavy atom. The molecule has 3 heterocycles. The van der Waals surface area contributed by atoms with E-state index >= 15 is 0 Å². The van der Waals surface area contributed by atoms with E-state index in [1.54, 1.807) is 14.0 Å². The first-order chi connectivity index (χ1) is 16.5. The molecular formula is C24H29N5O5. The minimum atomic E-state index is -0.519. The van der Waals surface area contributed by atoms with Crippen LogP contribution in [0.4, 0.5) is 0 Å². The number of fused-ring (bicyclic) bond motifs is 2. The van der Waals surface area contributed by atoms with Crippen LogP contribution >= 0.6 is 0 Å². The Labute approximate surface area is 197 Å². The van der Waals surface area contributed by atoms with Crippen molar-refractivity contribution in [2.24, 2.45) is 0 Å². The number of methoxy groups -OCH3 is 1. The molecule has 10 nitrogen and oxygen atoms in total. The highest BCUT2D eigenvalue weighted by Gasteiger charge is 2.27. The first-order valence-electron chi connectivity index (χ1n) is 11.4. The largest absolute Gasteiger partial charge is 0.497 e. The number of rotatable bonds is 8. The van der Waals surface area contributed by atoms with E-state index in [0.717, 1.165) is 23.6 Å². The molecule has 1 aliphatic heterocycles. The van der Waals surface area contributed by atoms with Crippen LogP contribution < -0.4 is 15.6 Å². The molecule has 0 unspecified atom stereocenters. The number of nitrogens with one attached hydrogen (secondary N) is 1. The van der Waals surface area contributed by atoms with E-state index in [1.807, 2.05) is 35.8 Å². The molecule has 1 N–H and O–H groups in total. The minimum Gasteiger partial charge on any atom is -0.497 e. The summed E-state index contributed by atoms with van der Waals surface area (Å²) in [6, 6.07) is 7.91. The molecule has 0 radical (unpaired) electrons. The summed E-state index contributed by atoms with van der Waals surface area (Å²) in [4.78, 5) is 40.0.